The lowest BCUT2D eigenvalue weighted by atomic mass is 10.1. The topological polar surface area (TPSA) is 41.1 Å². The summed E-state index contributed by atoms with van der Waals surface area (Å²) in [4.78, 5) is 14.5. The van der Waals surface area contributed by atoms with Crippen LogP contribution in [0.3, 0.4) is 0 Å². The molecule has 21 heavy (non-hydrogen) atoms. The molecule has 0 bridgehead atoms. The van der Waals surface area contributed by atoms with Gasteiger partial charge in [0.1, 0.15) is 0 Å². The van der Waals surface area contributed by atoms with Crippen molar-refractivity contribution in [1.29, 1.82) is 0 Å². The number of amides is 1. The quantitative estimate of drug-likeness (QED) is 0.861. The first-order chi connectivity index (χ1) is 9.95. The Morgan fingerprint density at radius 3 is 2.71 bits per heavy atom. The minimum atomic E-state index is -0.0753. The van der Waals surface area contributed by atoms with Crippen molar-refractivity contribution in [3.63, 3.8) is 0 Å². The van der Waals surface area contributed by atoms with E-state index < -0.39 is 0 Å². The second-order valence-electron chi connectivity index (χ2n) is 5.03. The SMILES string of the molecule is Cc1cc(C(C)NCC(=O)Nc2cccc(Cl)c2)c(C)s1. The van der Waals surface area contributed by atoms with Crippen molar-refractivity contribution in [2.24, 2.45) is 0 Å². The normalized spacial score (nSPS) is 12.2. The number of carbonyl (C=O) groups excluding carboxylic acids is 1. The summed E-state index contributed by atoms with van der Waals surface area (Å²) in [5.41, 5.74) is 1.97. The van der Waals surface area contributed by atoms with Crippen LogP contribution < -0.4 is 10.6 Å². The highest BCUT2D eigenvalue weighted by atomic mass is 35.5. The van der Waals surface area contributed by atoms with Crippen molar-refractivity contribution >= 4 is 34.5 Å². The number of benzene rings is 1. The Morgan fingerprint density at radius 1 is 1.33 bits per heavy atom. The van der Waals surface area contributed by atoms with Crippen LogP contribution in [-0.4, -0.2) is 12.5 Å². The number of hydrogen-bond donors (Lipinski definition) is 2. The number of nitrogens with one attached hydrogen (secondary N) is 2. The van der Waals surface area contributed by atoms with Gasteiger partial charge in [-0.15, -0.1) is 11.3 Å². The van der Waals surface area contributed by atoms with Gasteiger partial charge in [-0.2, -0.15) is 0 Å². The van der Waals surface area contributed by atoms with E-state index in [1.54, 1.807) is 23.5 Å². The molecule has 0 fully saturated rings. The molecule has 0 saturated carbocycles. The molecule has 2 N–H and O–H groups in total. The molecule has 112 valence electrons. The van der Waals surface area contributed by atoms with Gasteiger partial charge in [0.2, 0.25) is 5.91 Å². The van der Waals surface area contributed by atoms with Crippen molar-refractivity contribution in [2.45, 2.75) is 26.8 Å². The fourth-order valence-corrected chi connectivity index (χ4v) is 3.42. The second-order valence-corrected chi connectivity index (χ2v) is 6.93. The Bertz CT molecular complexity index is 639. The molecule has 3 nitrogen and oxygen atoms in total. The number of aryl methyl sites for hydroxylation is 2. The van der Waals surface area contributed by atoms with E-state index in [1.165, 1.54) is 15.3 Å². The lowest BCUT2D eigenvalue weighted by molar-refractivity contribution is -0.115. The third kappa shape index (κ3) is 4.56. The zero-order chi connectivity index (χ0) is 15.4. The number of halogens is 1. The highest BCUT2D eigenvalue weighted by Crippen LogP contribution is 2.25. The van der Waals surface area contributed by atoms with Crippen LogP contribution in [0, 0.1) is 13.8 Å². The molecule has 1 amide bonds. The van der Waals surface area contributed by atoms with Crippen LogP contribution in [0.4, 0.5) is 5.69 Å². The molecule has 0 aliphatic rings. The van der Waals surface area contributed by atoms with Crippen molar-refractivity contribution in [1.82, 2.24) is 5.32 Å². The van der Waals surface area contributed by atoms with E-state index in [4.69, 9.17) is 11.6 Å². The van der Waals surface area contributed by atoms with E-state index >= 15 is 0 Å². The molecule has 2 aromatic rings. The molecule has 0 aliphatic carbocycles. The molecule has 0 aliphatic heterocycles. The van der Waals surface area contributed by atoms with Gasteiger partial charge in [-0.3, -0.25) is 4.79 Å². The molecule has 1 aromatic carbocycles. The smallest absolute Gasteiger partial charge is 0.238 e. The third-order valence-electron chi connectivity index (χ3n) is 3.22. The van der Waals surface area contributed by atoms with Gasteiger partial charge in [-0.25, -0.2) is 0 Å². The second kappa shape index (κ2) is 7.07. The predicted octanol–water partition coefficient (Wildman–Crippen LogP) is 4.31. The minimum Gasteiger partial charge on any atom is -0.325 e. The minimum absolute atomic E-state index is 0.0753. The Labute approximate surface area is 134 Å². The van der Waals surface area contributed by atoms with Crippen LogP contribution >= 0.6 is 22.9 Å². The molecule has 1 heterocycles. The molecule has 1 aromatic heterocycles. The summed E-state index contributed by atoms with van der Waals surface area (Å²) in [7, 11) is 0. The predicted molar refractivity (Wildman–Crippen MR) is 90.3 cm³/mol. The largest absolute Gasteiger partial charge is 0.325 e. The van der Waals surface area contributed by atoms with Gasteiger partial charge in [0.25, 0.3) is 0 Å². The lowest BCUT2D eigenvalue weighted by Crippen LogP contribution is -2.30. The Hall–Kier alpha value is -1.36. The van der Waals surface area contributed by atoms with Gasteiger partial charge in [-0.05, 0) is 50.6 Å². The Morgan fingerprint density at radius 2 is 2.10 bits per heavy atom. The number of anilines is 1. The molecule has 5 heteroatoms. The summed E-state index contributed by atoms with van der Waals surface area (Å²) in [6, 6.07) is 9.46. The van der Waals surface area contributed by atoms with Crippen LogP contribution in [0.25, 0.3) is 0 Å². The Kier molecular flexibility index (Phi) is 5.39. The maximum Gasteiger partial charge on any atom is 0.238 e. The van der Waals surface area contributed by atoms with E-state index in [0.717, 1.165) is 0 Å². The van der Waals surface area contributed by atoms with Gasteiger partial charge >= 0.3 is 0 Å². The molecule has 0 saturated heterocycles. The van der Waals surface area contributed by atoms with E-state index in [-0.39, 0.29) is 18.5 Å². The van der Waals surface area contributed by atoms with Crippen molar-refractivity contribution in [3.05, 3.63) is 50.7 Å². The average Bonchev–Trinajstić information content (AvgIpc) is 2.75. The fraction of sp³-hybridized carbons (Fsp3) is 0.312. The van der Waals surface area contributed by atoms with Crippen LogP contribution in [-0.2, 0) is 4.79 Å². The summed E-state index contributed by atoms with van der Waals surface area (Å²) in [6.07, 6.45) is 0. The molecule has 2 rings (SSSR count). The van der Waals surface area contributed by atoms with Gasteiger partial charge in [-0.1, -0.05) is 17.7 Å². The maximum absolute atomic E-state index is 11.9. The van der Waals surface area contributed by atoms with Gasteiger partial charge < -0.3 is 10.6 Å². The summed E-state index contributed by atoms with van der Waals surface area (Å²) < 4.78 is 0. The highest BCUT2D eigenvalue weighted by molar-refractivity contribution is 7.12. The number of carbonyl (C=O) groups is 1. The summed E-state index contributed by atoms with van der Waals surface area (Å²) in [5.74, 6) is -0.0753. The van der Waals surface area contributed by atoms with Gasteiger partial charge in [0, 0.05) is 26.5 Å². The monoisotopic (exact) mass is 322 g/mol. The van der Waals surface area contributed by atoms with Crippen molar-refractivity contribution in [3.8, 4) is 0 Å². The zero-order valence-corrected chi connectivity index (χ0v) is 13.9. The molecular formula is C16H19ClN2OS. The number of rotatable bonds is 5. The Balaban J connectivity index is 1.88. The zero-order valence-electron chi connectivity index (χ0n) is 12.4. The molecule has 0 radical (unpaired) electrons. The van der Waals surface area contributed by atoms with Crippen LogP contribution in [0.2, 0.25) is 5.02 Å². The van der Waals surface area contributed by atoms with E-state index in [0.29, 0.717) is 10.7 Å². The van der Waals surface area contributed by atoms with Crippen molar-refractivity contribution < 1.29 is 4.79 Å². The van der Waals surface area contributed by atoms with Crippen LogP contribution in [0.15, 0.2) is 30.3 Å². The number of hydrogen-bond acceptors (Lipinski definition) is 3. The van der Waals surface area contributed by atoms with Gasteiger partial charge in [0.05, 0.1) is 6.54 Å². The van der Waals surface area contributed by atoms with E-state index in [2.05, 4.69) is 37.5 Å². The molecular weight excluding hydrogens is 304 g/mol. The van der Waals surface area contributed by atoms with Crippen LogP contribution in [0.1, 0.15) is 28.3 Å². The molecule has 1 unspecified atom stereocenters. The number of thiophene rings is 1. The highest BCUT2D eigenvalue weighted by Gasteiger charge is 2.12. The standard InChI is InChI=1S/C16H19ClN2OS/c1-10-7-15(12(3)21-10)11(2)18-9-16(20)19-14-6-4-5-13(17)8-14/h4-8,11,18H,9H2,1-3H3,(H,19,20). The first-order valence-corrected chi connectivity index (χ1v) is 8.01. The average molecular weight is 323 g/mol. The lowest BCUT2D eigenvalue weighted by Gasteiger charge is -2.14. The fourth-order valence-electron chi connectivity index (χ4n) is 2.21. The van der Waals surface area contributed by atoms with Crippen LogP contribution in [0.5, 0.6) is 0 Å². The van der Waals surface area contributed by atoms with E-state index in [9.17, 15) is 4.79 Å². The molecule has 0 spiro atoms. The van der Waals surface area contributed by atoms with Crippen molar-refractivity contribution in [2.75, 3.05) is 11.9 Å². The third-order valence-corrected chi connectivity index (χ3v) is 4.44. The first kappa shape index (κ1) is 16.0. The first-order valence-electron chi connectivity index (χ1n) is 6.81. The summed E-state index contributed by atoms with van der Waals surface area (Å²) in [5, 5.41) is 6.69. The molecule has 1 atom stereocenters. The van der Waals surface area contributed by atoms with E-state index in [1.807, 2.05) is 12.1 Å². The van der Waals surface area contributed by atoms with Gasteiger partial charge in [0.15, 0.2) is 0 Å². The maximum atomic E-state index is 11.9. The summed E-state index contributed by atoms with van der Waals surface area (Å²) in [6.45, 7) is 6.54. The summed E-state index contributed by atoms with van der Waals surface area (Å²) >= 11 is 7.67.